The third kappa shape index (κ3) is 3.19. The van der Waals surface area contributed by atoms with Gasteiger partial charge in [-0.2, -0.15) is 4.98 Å². The number of rotatable bonds is 5. The van der Waals surface area contributed by atoms with Crippen LogP contribution in [-0.2, 0) is 29.7 Å². The molecule has 9 heteroatoms. The van der Waals surface area contributed by atoms with Gasteiger partial charge in [0, 0.05) is 12.5 Å². The molecule has 1 aliphatic heterocycles. The summed E-state index contributed by atoms with van der Waals surface area (Å²) in [6.07, 6.45) is 1.95. The lowest BCUT2D eigenvalue weighted by Crippen LogP contribution is -2.41. The number of hydrogen-bond donors (Lipinski definition) is 2. The fraction of sp³-hybridized carbons (Fsp3) is 0.444. The number of aryl methyl sites for hydroxylation is 1. The predicted octanol–water partition coefficient (Wildman–Crippen LogP) is 1.54. The number of nitrogens with one attached hydrogen (secondary N) is 2. The van der Waals surface area contributed by atoms with Gasteiger partial charge in [0.2, 0.25) is 5.89 Å². The van der Waals surface area contributed by atoms with Crippen molar-refractivity contribution in [3.63, 3.8) is 0 Å². The van der Waals surface area contributed by atoms with E-state index < -0.39 is 11.6 Å². The van der Waals surface area contributed by atoms with Gasteiger partial charge in [-0.25, -0.2) is 4.79 Å². The summed E-state index contributed by atoms with van der Waals surface area (Å²) in [6, 6.07) is 7.53. The van der Waals surface area contributed by atoms with Gasteiger partial charge in [0.05, 0.1) is 0 Å². The fourth-order valence-corrected chi connectivity index (χ4v) is 3.68. The molecule has 2 N–H and O–H groups in total. The Balaban J connectivity index is 0.00000210. The zero-order valence-corrected chi connectivity index (χ0v) is 16.0. The second-order valence-corrected chi connectivity index (χ2v) is 6.88. The summed E-state index contributed by atoms with van der Waals surface area (Å²) in [4.78, 5) is 31.0. The number of urea groups is 1. The molecule has 4 rings (SSSR count). The molecule has 8 nitrogen and oxygen atoms in total. The SMILES string of the molecule is CNC(C)Cc1noc(CN2C(=O)NC3(CCc4ccccc43)C2=O)n1.Cl. The predicted molar refractivity (Wildman–Crippen MR) is 99.3 cm³/mol. The molecular weight excluding hydrogens is 370 g/mol. The van der Waals surface area contributed by atoms with Crippen molar-refractivity contribution in [2.24, 2.45) is 0 Å². The summed E-state index contributed by atoms with van der Waals surface area (Å²) in [5, 5.41) is 9.92. The quantitative estimate of drug-likeness (QED) is 0.750. The molecule has 2 heterocycles. The molecular formula is C18H22ClN5O3. The van der Waals surface area contributed by atoms with E-state index in [1.165, 1.54) is 4.90 Å². The summed E-state index contributed by atoms with van der Waals surface area (Å²) < 4.78 is 5.23. The van der Waals surface area contributed by atoms with Gasteiger partial charge in [0.25, 0.3) is 5.91 Å². The lowest BCUT2D eigenvalue weighted by Gasteiger charge is -2.21. The fourth-order valence-electron chi connectivity index (χ4n) is 3.68. The molecule has 1 aromatic carbocycles. The standard InChI is InChI=1S/C18H21N5O3.ClH/c1-11(19-2)9-14-20-15(26-22-14)10-23-16(24)18(21-17(23)25)8-7-12-5-3-4-6-13(12)18;/h3-6,11,19H,7-10H2,1-2H3,(H,21,25);1H. The summed E-state index contributed by atoms with van der Waals surface area (Å²) in [6.45, 7) is 1.99. The van der Waals surface area contributed by atoms with Crippen molar-refractivity contribution in [2.75, 3.05) is 7.05 Å². The number of halogens is 1. The highest BCUT2D eigenvalue weighted by Gasteiger charge is 2.55. The van der Waals surface area contributed by atoms with E-state index in [1.807, 2.05) is 38.2 Å². The van der Waals surface area contributed by atoms with E-state index in [4.69, 9.17) is 4.52 Å². The number of likely N-dealkylation sites (N-methyl/N-ethyl adjacent to an activating group) is 1. The molecule has 1 aromatic heterocycles. The Hall–Kier alpha value is -2.45. The van der Waals surface area contributed by atoms with Crippen LogP contribution in [-0.4, -0.2) is 40.1 Å². The maximum atomic E-state index is 13.1. The summed E-state index contributed by atoms with van der Waals surface area (Å²) in [5.74, 6) is 0.556. The number of fused-ring (bicyclic) bond motifs is 2. The smallest absolute Gasteiger partial charge is 0.325 e. The molecule has 27 heavy (non-hydrogen) atoms. The van der Waals surface area contributed by atoms with Crippen molar-refractivity contribution in [3.8, 4) is 0 Å². The Morgan fingerprint density at radius 2 is 2.15 bits per heavy atom. The van der Waals surface area contributed by atoms with E-state index in [2.05, 4.69) is 20.8 Å². The first-order valence-electron chi connectivity index (χ1n) is 8.75. The van der Waals surface area contributed by atoms with Gasteiger partial charge in [-0.1, -0.05) is 29.4 Å². The second-order valence-electron chi connectivity index (χ2n) is 6.88. The van der Waals surface area contributed by atoms with Crippen LogP contribution in [0, 0.1) is 0 Å². The van der Waals surface area contributed by atoms with E-state index in [1.54, 1.807) is 0 Å². The molecule has 3 amide bonds. The van der Waals surface area contributed by atoms with Crippen molar-refractivity contribution in [2.45, 2.75) is 44.3 Å². The van der Waals surface area contributed by atoms with Crippen molar-refractivity contribution in [3.05, 3.63) is 47.1 Å². The van der Waals surface area contributed by atoms with Crippen LogP contribution in [0.2, 0.25) is 0 Å². The molecule has 2 unspecified atom stereocenters. The number of carbonyl (C=O) groups excluding carboxylic acids is 2. The topological polar surface area (TPSA) is 100 Å². The molecule has 2 aliphatic rings. The molecule has 1 spiro atoms. The zero-order chi connectivity index (χ0) is 18.3. The minimum atomic E-state index is -0.961. The Morgan fingerprint density at radius 1 is 1.37 bits per heavy atom. The van der Waals surface area contributed by atoms with E-state index in [0.717, 1.165) is 17.5 Å². The number of benzene rings is 1. The first-order valence-corrected chi connectivity index (χ1v) is 8.75. The van der Waals surface area contributed by atoms with Gasteiger partial charge >= 0.3 is 6.03 Å². The van der Waals surface area contributed by atoms with Gasteiger partial charge in [0.15, 0.2) is 5.82 Å². The van der Waals surface area contributed by atoms with E-state index in [-0.39, 0.29) is 36.8 Å². The molecule has 0 saturated carbocycles. The van der Waals surface area contributed by atoms with Crippen molar-refractivity contribution < 1.29 is 14.1 Å². The Kier molecular flexibility index (Phi) is 5.21. The molecule has 1 fully saturated rings. The van der Waals surface area contributed by atoms with Gasteiger partial charge in [-0.3, -0.25) is 9.69 Å². The second kappa shape index (κ2) is 7.28. The molecule has 0 bridgehead atoms. The van der Waals surface area contributed by atoms with Gasteiger partial charge in [-0.15, -0.1) is 12.4 Å². The van der Waals surface area contributed by atoms with E-state index in [9.17, 15) is 9.59 Å². The monoisotopic (exact) mass is 391 g/mol. The van der Waals surface area contributed by atoms with Crippen LogP contribution in [0.3, 0.4) is 0 Å². The number of imide groups is 1. The third-order valence-electron chi connectivity index (χ3n) is 5.21. The van der Waals surface area contributed by atoms with E-state index in [0.29, 0.717) is 18.7 Å². The average molecular weight is 392 g/mol. The van der Waals surface area contributed by atoms with Gasteiger partial charge in [0.1, 0.15) is 12.1 Å². The molecule has 0 radical (unpaired) electrons. The summed E-state index contributed by atoms with van der Waals surface area (Å²) >= 11 is 0. The molecule has 2 aromatic rings. The lowest BCUT2D eigenvalue weighted by molar-refractivity contribution is -0.132. The maximum Gasteiger partial charge on any atom is 0.325 e. The number of aromatic nitrogens is 2. The van der Waals surface area contributed by atoms with Crippen LogP contribution in [0.25, 0.3) is 0 Å². The van der Waals surface area contributed by atoms with Crippen LogP contribution in [0.4, 0.5) is 4.79 Å². The molecule has 1 saturated heterocycles. The van der Waals surface area contributed by atoms with Crippen LogP contribution in [0.15, 0.2) is 28.8 Å². The zero-order valence-electron chi connectivity index (χ0n) is 15.2. The summed E-state index contributed by atoms with van der Waals surface area (Å²) in [5.41, 5.74) is 1.02. The number of carbonyl (C=O) groups is 2. The number of nitrogens with zero attached hydrogens (tertiary/aromatic N) is 3. The van der Waals surface area contributed by atoms with Gasteiger partial charge in [-0.05, 0) is 37.9 Å². The lowest BCUT2D eigenvalue weighted by atomic mass is 9.92. The molecule has 144 valence electrons. The normalized spacial score (nSPS) is 21.9. The van der Waals surface area contributed by atoms with Gasteiger partial charge < -0.3 is 15.2 Å². The van der Waals surface area contributed by atoms with Crippen LogP contribution in [0.5, 0.6) is 0 Å². The van der Waals surface area contributed by atoms with Crippen molar-refractivity contribution in [1.82, 2.24) is 25.7 Å². The highest BCUT2D eigenvalue weighted by Crippen LogP contribution is 2.41. The highest BCUT2D eigenvalue weighted by molar-refractivity contribution is 6.07. The van der Waals surface area contributed by atoms with E-state index >= 15 is 0 Å². The van der Waals surface area contributed by atoms with Crippen LogP contribution >= 0.6 is 12.4 Å². The minimum Gasteiger partial charge on any atom is -0.337 e. The summed E-state index contributed by atoms with van der Waals surface area (Å²) in [7, 11) is 1.86. The first kappa shape index (κ1) is 19.3. The first-order chi connectivity index (χ1) is 12.5. The third-order valence-corrected chi connectivity index (χ3v) is 5.21. The number of amides is 3. The molecule has 2 atom stereocenters. The largest absolute Gasteiger partial charge is 0.337 e. The minimum absolute atomic E-state index is 0. The average Bonchev–Trinajstić information content (AvgIpc) is 3.30. The maximum absolute atomic E-state index is 13.1. The highest BCUT2D eigenvalue weighted by atomic mass is 35.5. The molecule has 1 aliphatic carbocycles. The van der Waals surface area contributed by atoms with Crippen LogP contribution in [0.1, 0.15) is 36.2 Å². The van der Waals surface area contributed by atoms with Crippen molar-refractivity contribution >= 4 is 24.3 Å². The Bertz CT molecular complexity index is 870. The number of hydrogen-bond acceptors (Lipinski definition) is 6. The Labute approximate surface area is 163 Å². The van der Waals surface area contributed by atoms with Crippen LogP contribution < -0.4 is 10.6 Å². The van der Waals surface area contributed by atoms with Crippen molar-refractivity contribution in [1.29, 1.82) is 0 Å². The Morgan fingerprint density at radius 3 is 2.93 bits per heavy atom.